The predicted octanol–water partition coefficient (Wildman–Crippen LogP) is 0.0480. The van der Waals surface area contributed by atoms with Crippen molar-refractivity contribution in [3.8, 4) is 5.75 Å². The minimum Gasteiger partial charge on any atom is -0.494 e. The molecule has 10 nitrogen and oxygen atoms in total. The Kier molecular flexibility index (Phi) is 5.25. The normalized spacial score (nSPS) is 14.6. The Labute approximate surface area is 145 Å². The number of hydrazine groups is 2. The van der Waals surface area contributed by atoms with E-state index in [9.17, 15) is 4.79 Å². The Morgan fingerprint density at radius 1 is 1.44 bits per heavy atom. The number of carbonyl (C=O) groups excluding carboxylic acids is 1. The van der Waals surface area contributed by atoms with Crippen LogP contribution in [-0.4, -0.2) is 48.7 Å². The van der Waals surface area contributed by atoms with E-state index in [0.29, 0.717) is 34.0 Å². The summed E-state index contributed by atoms with van der Waals surface area (Å²) in [6.07, 6.45) is 1.07. The van der Waals surface area contributed by atoms with Crippen LogP contribution in [0, 0.1) is 10.8 Å². The van der Waals surface area contributed by atoms with Crippen molar-refractivity contribution in [3.63, 3.8) is 0 Å². The van der Waals surface area contributed by atoms with Crippen LogP contribution in [0.5, 0.6) is 5.75 Å². The van der Waals surface area contributed by atoms with Gasteiger partial charge in [0, 0.05) is 24.6 Å². The van der Waals surface area contributed by atoms with Crippen LogP contribution in [-0.2, 0) is 4.79 Å². The number of nitrogens with one attached hydrogen (secondary N) is 4. The first kappa shape index (κ1) is 18.2. The van der Waals surface area contributed by atoms with E-state index in [1.165, 1.54) is 12.1 Å². The molecule has 0 aliphatic carbocycles. The number of nitrogen functional groups attached to an aromatic ring is 1. The molecule has 0 saturated heterocycles. The highest BCUT2D eigenvalue weighted by atomic mass is 16.5. The molecule has 134 valence electrons. The van der Waals surface area contributed by atoms with Gasteiger partial charge in [0.15, 0.2) is 5.75 Å². The van der Waals surface area contributed by atoms with E-state index < -0.39 is 0 Å². The van der Waals surface area contributed by atoms with Crippen LogP contribution in [0.1, 0.15) is 12.5 Å². The molecular weight excluding hydrogens is 324 g/mol. The second kappa shape index (κ2) is 7.20. The first-order valence-electron chi connectivity index (χ1n) is 7.39. The van der Waals surface area contributed by atoms with Gasteiger partial charge in [-0.2, -0.15) is 5.53 Å². The highest BCUT2D eigenvalue weighted by molar-refractivity contribution is 6.07. The molecule has 8 N–H and O–H groups in total. The van der Waals surface area contributed by atoms with Crippen LogP contribution in [0.4, 0.5) is 11.4 Å². The average Bonchev–Trinajstić information content (AvgIpc) is 2.60. The summed E-state index contributed by atoms with van der Waals surface area (Å²) in [5, 5.41) is 19.5. The fraction of sp³-hybridized carbons (Fsp3) is 0.267. The van der Waals surface area contributed by atoms with E-state index in [4.69, 9.17) is 27.1 Å². The molecule has 1 aliphatic heterocycles. The Morgan fingerprint density at radius 2 is 2.12 bits per heavy atom. The monoisotopic (exact) mass is 346 g/mol. The lowest BCUT2D eigenvalue weighted by molar-refractivity contribution is -0.113. The largest absolute Gasteiger partial charge is 0.494 e. The molecule has 1 aromatic rings. The summed E-state index contributed by atoms with van der Waals surface area (Å²) in [5.74, 6) is 5.49. The fourth-order valence-electron chi connectivity index (χ4n) is 2.51. The molecule has 25 heavy (non-hydrogen) atoms. The molecule has 1 amide bonds. The summed E-state index contributed by atoms with van der Waals surface area (Å²) in [7, 11) is 3.11. The van der Waals surface area contributed by atoms with Crippen LogP contribution in [0.25, 0.3) is 0 Å². The zero-order valence-corrected chi connectivity index (χ0v) is 14.3. The third-order valence-corrected chi connectivity index (χ3v) is 4.09. The number of guanidine groups is 1. The van der Waals surface area contributed by atoms with E-state index in [1.54, 1.807) is 31.0 Å². The van der Waals surface area contributed by atoms with Crippen molar-refractivity contribution in [2.24, 2.45) is 5.84 Å². The van der Waals surface area contributed by atoms with Crippen molar-refractivity contribution in [1.82, 2.24) is 15.4 Å². The third-order valence-electron chi connectivity index (χ3n) is 4.09. The zero-order chi connectivity index (χ0) is 18.7. The predicted molar refractivity (Wildman–Crippen MR) is 96.1 cm³/mol. The number of amides is 1. The molecule has 1 heterocycles. The summed E-state index contributed by atoms with van der Waals surface area (Å²) >= 11 is 0. The van der Waals surface area contributed by atoms with Gasteiger partial charge < -0.3 is 26.1 Å². The number of carbonyl (C=O) groups is 1. The summed E-state index contributed by atoms with van der Waals surface area (Å²) in [5.41, 5.74) is 10.5. The highest BCUT2D eigenvalue weighted by Gasteiger charge is 2.29. The van der Waals surface area contributed by atoms with Gasteiger partial charge in [-0.3, -0.25) is 21.1 Å². The lowest BCUT2D eigenvalue weighted by Gasteiger charge is -2.36. The Balaban J connectivity index is 2.37. The number of hydrogen-bond donors (Lipinski definition) is 6. The SMILES string of the molecule is COc1c(NC(=O)C2=C(C)N(C)C(=N)N(NN)C2)ccc(N)c1C=N. The maximum Gasteiger partial charge on any atom is 0.255 e. The number of benzene rings is 1. The van der Waals surface area contributed by atoms with Gasteiger partial charge in [-0.25, -0.2) is 0 Å². The van der Waals surface area contributed by atoms with Gasteiger partial charge >= 0.3 is 0 Å². The topological polar surface area (TPSA) is 157 Å². The zero-order valence-electron chi connectivity index (χ0n) is 14.3. The first-order valence-corrected chi connectivity index (χ1v) is 7.39. The molecule has 1 aromatic carbocycles. The summed E-state index contributed by atoms with van der Waals surface area (Å²) in [4.78, 5) is 14.3. The van der Waals surface area contributed by atoms with Crippen molar-refractivity contribution in [2.45, 2.75) is 6.92 Å². The van der Waals surface area contributed by atoms with Gasteiger partial charge in [-0.1, -0.05) is 0 Å². The van der Waals surface area contributed by atoms with Gasteiger partial charge in [0.05, 0.1) is 30.5 Å². The summed E-state index contributed by atoms with van der Waals surface area (Å²) in [6.45, 7) is 1.88. The highest BCUT2D eigenvalue weighted by Crippen LogP contribution is 2.32. The van der Waals surface area contributed by atoms with Crippen LogP contribution in [0.2, 0.25) is 0 Å². The van der Waals surface area contributed by atoms with E-state index in [1.807, 2.05) is 0 Å². The number of nitrogens with two attached hydrogens (primary N) is 2. The fourth-order valence-corrected chi connectivity index (χ4v) is 2.51. The van der Waals surface area contributed by atoms with Crippen molar-refractivity contribution in [3.05, 3.63) is 29.0 Å². The lowest BCUT2D eigenvalue weighted by Crippen LogP contribution is -2.56. The number of allylic oxidation sites excluding steroid dienone is 1. The molecule has 0 bridgehead atoms. The van der Waals surface area contributed by atoms with Crippen LogP contribution in [0.3, 0.4) is 0 Å². The standard InChI is InChI=1S/C15H22N8O2/c1-8-10(7-23(21-19)15(18)22(8)2)14(24)20-12-5-4-11(17)9(6-16)13(12)25-3/h4-6,16,18,21H,7,17,19H2,1-3H3,(H,20,24). The second-order valence-corrected chi connectivity index (χ2v) is 5.41. The molecule has 0 saturated carbocycles. The van der Waals surface area contributed by atoms with Crippen molar-refractivity contribution < 1.29 is 9.53 Å². The maximum atomic E-state index is 12.7. The Hall–Kier alpha value is -3.11. The molecule has 0 unspecified atom stereocenters. The van der Waals surface area contributed by atoms with Crippen LogP contribution < -0.4 is 27.2 Å². The van der Waals surface area contributed by atoms with E-state index >= 15 is 0 Å². The second-order valence-electron chi connectivity index (χ2n) is 5.41. The van der Waals surface area contributed by atoms with Crippen molar-refractivity contribution in [2.75, 3.05) is 31.8 Å². The van der Waals surface area contributed by atoms with E-state index in [2.05, 4.69) is 10.9 Å². The smallest absolute Gasteiger partial charge is 0.255 e. The Morgan fingerprint density at radius 3 is 2.68 bits per heavy atom. The average molecular weight is 346 g/mol. The maximum absolute atomic E-state index is 12.7. The van der Waals surface area contributed by atoms with Crippen molar-refractivity contribution in [1.29, 1.82) is 10.8 Å². The molecule has 0 atom stereocenters. The number of anilines is 2. The number of ether oxygens (including phenoxy) is 1. The van der Waals surface area contributed by atoms with Gasteiger partial charge in [0.2, 0.25) is 5.96 Å². The van der Waals surface area contributed by atoms with Gasteiger partial charge in [0.25, 0.3) is 5.91 Å². The molecule has 0 fully saturated rings. The number of rotatable bonds is 5. The Bertz CT molecular complexity index is 758. The third kappa shape index (κ3) is 3.25. The van der Waals surface area contributed by atoms with Crippen LogP contribution >= 0.6 is 0 Å². The van der Waals surface area contributed by atoms with Gasteiger partial charge in [-0.15, -0.1) is 0 Å². The number of methoxy groups -OCH3 is 1. The van der Waals surface area contributed by atoms with Crippen LogP contribution in [0.15, 0.2) is 23.4 Å². The molecular formula is C15H22N8O2. The van der Waals surface area contributed by atoms with E-state index in [-0.39, 0.29) is 18.4 Å². The van der Waals surface area contributed by atoms with Crippen molar-refractivity contribution >= 4 is 29.5 Å². The number of nitrogens with zero attached hydrogens (tertiary/aromatic N) is 2. The number of hydrogen-bond acceptors (Lipinski definition) is 7. The molecule has 1 aliphatic rings. The molecule has 2 rings (SSSR count). The quantitative estimate of drug-likeness (QED) is 0.190. The molecule has 10 heteroatoms. The molecule has 0 spiro atoms. The lowest BCUT2D eigenvalue weighted by atomic mass is 10.1. The molecule has 0 radical (unpaired) electrons. The minimum atomic E-state index is -0.365. The minimum absolute atomic E-state index is 0.131. The van der Waals surface area contributed by atoms with E-state index in [0.717, 1.165) is 6.21 Å². The summed E-state index contributed by atoms with van der Waals surface area (Å²) < 4.78 is 5.29. The van der Waals surface area contributed by atoms with Gasteiger partial charge in [-0.05, 0) is 19.1 Å². The molecule has 0 aromatic heterocycles. The first-order chi connectivity index (χ1) is 11.8. The summed E-state index contributed by atoms with van der Waals surface area (Å²) in [6, 6.07) is 3.21. The van der Waals surface area contributed by atoms with Gasteiger partial charge in [0.1, 0.15) is 0 Å².